The molecular formula is C23H28ClNO4S. The monoisotopic (exact) mass is 449 g/mol. The molecule has 1 aliphatic heterocycles. The second kappa shape index (κ2) is 10.9. The maximum absolute atomic E-state index is 9.10. The number of aliphatic carboxylic acids is 2. The number of carboxylic acids is 2. The number of thiophene rings is 1. The number of aryl methyl sites for hydroxylation is 1. The average Bonchev–Trinajstić information content (AvgIpc) is 3.22. The molecule has 2 aliphatic rings. The lowest BCUT2D eigenvalue weighted by atomic mass is 9.85. The fourth-order valence-electron chi connectivity index (χ4n) is 4.47. The second-order valence-corrected chi connectivity index (χ2v) is 9.40. The van der Waals surface area contributed by atoms with Crippen LogP contribution in [0.25, 0.3) is 0 Å². The Bertz CT molecular complexity index is 848. The molecule has 1 saturated heterocycles. The molecule has 2 heterocycles. The molecule has 1 unspecified atom stereocenters. The lowest BCUT2D eigenvalue weighted by molar-refractivity contribution is -0.159. The van der Waals surface area contributed by atoms with Gasteiger partial charge in [-0.05, 0) is 105 Å². The van der Waals surface area contributed by atoms with Gasteiger partial charge in [0, 0.05) is 9.90 Å². The molecule has 2 aromatic rings. The first-order valence-corrected chi connectivity index (χ1v) is 11.7. The van der Waals surface area contributed by atoms with Gasteiger partial charge in [0.05, 0.1) is 0 Å². The lowest BCUT2D eigenvalue weighted by Gasteiger charge is -2.33. The predicted octanol–water partition coefficient (Wildman–Crippen LogP) is 5.25. The van der Waals surface area contributed by atoms with Gasteiger partial charge >= 0.3 is 11.9 Å². The summed E-state index contributed by atoms with van der Waals surface area (Å²) < 4.78 is 0. The molecule has 0 radical (unpaired) electrons. The summed E-state index contributed by atoms with van der Waals surface area (Å²) in [5.41, 5.74) is 3.09. The molecule has 0 bridgehead atoms. The van der Waals surface area contributed by atoms with E-state index in [0.29, 0.717) is 5.92 Å². The van der Waals surface area contributed by atoms with Crippen molar-refractivity contribution in [2.24, 2.45) is 0 Å². The Kier molecular flexibility index (Phi) is 8.31. The van der Waals surface area contributed by atoms with Gasteiger partial charge in [-0.3, -0.25) is 0 Å². The fourth-order valence-corrected chi connectivity index (χ4v) is 5.68. The minimum Gasteiger partial charge on any atom is -0.473 e. The Morgan fingerprint density at radius 2 is 1.83 bits per heavy atom. The van der Waals surface area contributed by atoms with Crippen molar-refractivity contribution in [3.05, 3.63) is 56.7 Å². The molecule has 0 amide bonds. The maximum atomic E-state index is 9.10. The summed E-state index contributed by atoms with van der Waals surface area (Å²) in [5, 5.41) is 17.9. The van der Waals surface area contributed by atoms with Crippen LogP contribution in [0.2, 0.25) is 5.02 Å². The largest absolute Gasteiger partial charge is 0.473 e. The normalized spacial score (nSPS) is 19.4. The number of hydrogen-bond acceptors (Lipinski definition) is 4. The highest BCUT2D eigenvalue weighted by Crippen LogP contribution is 2.37. The van der Waals surface area contributed by atoms with Crippen LogP contribution in [-0.2, 0) is 16.0 Å². The zero-order chi connectivity index (χ0) is 21.5. The van der Waals surface area contributed by atoms with Crippen molar-refractivity contribution in [2.75, 3.05) is 19.6 Å². The number of hydrogen-bond donors (Lipinski definition) is 2. The molecule has 1 atom stereocenters. The van der Waals surface area contributed by atoms with Crippen molar-refractivity contribution in [3.63, 3.8) is 0 Å². The summed E-state index contributed by atoms with van der Waals surface area (Å²) in [6.45, 7) is 3.74. The van der Waals surface area contributed by atoms with Gasteiger partial charge in [0.25, 0.3) is 0 Å². The smallest absolute Gasteiger partial charge is 0.414 e. The third kappa shape index (κ3) is 6.30. The minimum atomic E-state index is -1.82. The molecule has 30 heavy (non-hydrogen) atoms. The molecule has 162 valence electrons. The van der Waals surface area contributed by atoms with Gasteiger partial charge in [-0.1, -0.05) is 23.7 Å². The molecule has 1 aromatic heterocycles. The van der Waals surface area contributed by atoms with Crippen molar-refractivity contribution in [3.8, 4) is 0 Å². The highest BCUT2D eigenvalue weighted by molar-refractivity contribution is 7.10. The molecule has 1 fully saturated rings. The second-order valence-electron chi connectivity index (χ2n) is 7.96. The topological polar surface area (TPSA) is 77.8 Å². The van der Waals surface area contributed by atoms with Gasteiger partial charge in [-0.25, -0.2) is 9.59 Å². The first-order chi connectivity index (χ1) is 14.4. The number of fused-ring (bicyclic) bond motifs is 1. The van der Waals surface area contributed by atoms with E-state index in [1.165, 1.54) is 63.7 Å². The van der Waals surface area contributed by atoms with E-state index in [9.17, 15) is 0 Å². The summed E-state index contributed by atoms with van der Waals surface area (Å²) >= 11 is 8.12. The highest BCUT2D eigenvalue weighted by Gasteiger charge is 2.24. The number of piperidine rings is 1. The Hall–Kier alpha value is -1.89. The van der Waals surface area contributed by atoms with Crippen molar-refractivity contribution in [2.45, 2.75) is 50.4 Å². The van der Waals surface area contributed by atoms with E-state index >= 15 is 0 Å². The molecule has 1 aliphatic carbocycles. The molecule has 1 aromatic carbocycles. The third-order valence-corrected chi connectivity index (χ3v) is 7.29. The minimum absolute atomic E-state index is 0.693. The van der Waals surface area contributed by atoms with Gasteiger partial charge < -0.3 is 15.1 Å². The first kappa shape index (κ1) is 22.8. The van der Waals surface area contributed by atoms with E-state index in [-0.39, 0.29) is 0 Å². The predicted molar refractivity (Wildman–Crippen MR) is 120 cm³/mol. The number of halogens is 1. The first-order valence-electron chi connectivity index (χ1n) is 10.4. The maximum Gasteiger partial charge on any atom is 0.414 e. The van der Waals surface area contributed by atoms with Crippen LogP contribution in [0.3, 0.4) is 0 Å². The molecule has 0 saturated carbocycles. The van der Waals surface area contributed by atoms with Crippen molar-refractivity contribution >= 4 is 34.9 Å². The van der Waals surface area contributed by atoms with E-state index < -0.39 is 11.9 Å². The van der Waals surface area contributed by atoms with E-state index in [1.54, 1.807) is 10.4 Å². The molecule has 7 heteroatoms. The van der Waals surface area contributed by atoms with E-state index in [4.69, 9.17) is 31.4 Å². The Morgan fingerprint density at radius 3 is 2.50 bits per heavy atom. The average molecular weight is 450 g/mol. The van der Waals surface area contributed by atoms with E-state index in [2.05, 4.69) is 34.5 Å². The van der Waals surface area contributed by atoms with Gasteiger partial charge in [-0.15, -0.1) is 11.3 Å². The molecule has 2 N–H and O–H groups in total. The number of rotatable bonds is 4. The summed E-state index contributed by atoms with van der Waals surface area (Å²) in [6, 6.07) is 10.8. The SMILES string of the molecule is Clc1cccc(C2CCN(CCC3CCCc4sccc43)CC2)c1.O=C(O)C(=O)O. The number of nitrogens with zero attached hydrogens (tertiary/aromatic N) is 1. The quantitative estimate of drug-likeness (QED) is 0.623. The van der Waals surface area contributed by atoms with Crippen LogP contribution in [0.15, 0.2) is 35.7 Å². The van der Waals surface area contributed by atoms with Crippen LogP contribution in [0, 0.1) is 0 Å². The van der Waals surface area contributed by atoms with Crippen molar-refractivity contribution in [1.29, 1.82) is 0 Å². The van der Waals surface area contributed by atoms with E-state index in [0.717, 1.165) is 10.9 Å². The summed E-state index contributed by atoms with van der Waals surface area (Å²) in [6.07, 6.45) is 7.97. The van der Waals surface area contributed by atoms with Crippen molar-refractivity contribution in [1.82, 2.24) is 4.90 Å². The number of carbonyl (C=O) groups is 2. The summed E-state index contributed by atoms with van der Waals surface area (Å²) in [4.78, 5) is 22.5. The summed E-state index contributed by atoms with van der Waals surface area (Å²) in [5.74, 6) is -2.14. The Labute approximate surface area is 186 Å². The third-order valence-electron chi connectivity index (χ3n) is 6.06. The molecule has 0 spiro atoms. The molecule has 5 nitrogen and oxygen atoms in total. The zero-order valence-corrected chi connectivity index (χ0v) is 18.5. The number of benzene rings is 1. The van der Waals surface area contributed by atoms with Crippen LogP contribution in [0.1, 0.15) is 59.9 Å². The van der Waals surface area contributed by atoms with E-state index in [1.807, 2.05) is 17.4 Å². The summed E-state index contributed by atoms with van der Waals surface area (Å²) in [7, 11) is 0. The number of likely N-dealkylation sites (tertiary alicyclic amines) is 1. The fraction of sp³-hybridized carbons (Fsp3) is 0.478. The number of carboxylic acid groups (broad SMARTS) is 2. The van der Waals surface area contributed by atoms with Crippen LogP contribution < -0.4 is 0 Å². The van der Waals surface area contributed by atoms with Gasteiger partial charge in [0.1, 0.15) is 0 Å². The molecular weight excluding hydrogens is 422 g/mol. The zero-order valence-electron chi connectivity index (χ0n) is 16.9. The van der Waals surface area contributed by atoms with Crippen LogP contribution in [0.4, 0.5) is 0 Å². The van der Waals surface area contributed by atoms with Crippen molar-refractivity contribution < 1.29 is 19.8 Å². The van der Waals surface area contributed by atoms with Crippen LogP contribution in [-0.4, -0.2) is 46.7 Å². The standard InChI is InChI=1S/C21H26ClNS.C2H2O4/c22-19-5-1-4-18(15-19)16-7-11-23(12-8-16)13-9-17-3-2-6-21-20(17)10-14-24-21;3-1(4)2(5)6/h1,4-5,10,14-17H,2-3,6-9,11-13H2;(H,3,4)(H,5,6). The Morgan fingerprint density at radius 1 is 1.10 bits per heavy atom. The van der Waals surface area contributed by atoms with Gasteiger partial charge in [0.15, 0.2) is 0 Å². The van der Waals surface area contributed by atoms with Crippen LogP contribution in [0.5, 0.6) is 0 Å². The lowest BCUT2D eigenvalue weighted by Crippen LogP contribution is -2.34. The van der Waals surface area contributed by atoms with Gasteiger partial charge in [0.2, 0.25) is 0 Å². The van der Waals surface area contributed by atoms with Crippen LogP contribution >= 0.6 is 22.9 Å². The highest BCUT2D eigenvalue weighted by atomic mass is 35.5. The molecule has 4 rings (SSSR count). The Balaban J connectivity index is 0.000000377. The van der Waals surface area contributed by atoms with Gasteiger partial charge in [-0.2, -0.15) is 0 Å².